The van der Waals surface area contributed by atoms with Gasteiger partial charge in [0.2, 0.25) is 5.91 Å². The smallest absolute Gasteiger partial charge is 0.230 e. The van der Waals surface area contributed by atoms with E-state index in [0.29, 0.717) is 11.7 Å². The molecule has 1 aliphatic rings. The van der Waals surface area contributed by atoms with Crippen LogP contribution in [0.4, 0.5) is 0 Å². The van der Waals surface area contributed by atoms with Gasteiger partial charge < -0.3 is 16.3 Å². The topological polar surface area (TPSA) is 87.7 Å². The first kappa shape index (κ1) is 14.2. The Morgan fingerprint density at radius 1 is 1.59 bits per heavy atom. The van der Waals surface area contributed by atoms with E-state index in [4.69, 9.17) is 10.9 Å². The SMILES string of the molecule is CSCC(=O)NC1(C(N)=NO)CCC(C)CC1. The molecule has 0 radical (unpaired) electrons. The van der Waals surface area contributed by atoms with Gasteiger partial charge in [0.05, 0.1) is 5.75 Å². The van der Waals surface area contributed by atoms with Gasteiger partial charge in [-0.2, -0.15) is 11.8 Å². The number of rotatable bonds is 4. The first-order valence-electron chi connectivity index (χ1n) is 5.82. The van der Waals surface area contributed by atoms with Gasteiger partial charge in [-0.15, -0.1) is 0 Å². The maximum absolute atomic E-state index is 11.7. The van der Waals surface area contributed by atoms with E-state index in [2.05, 4.69) is 17.4 Å². The Kier molecular flexibility index (Phi) is 5.11. The first-order valence-corrected chi connectivity index (χ1v) is 7.21. The fraction of sp³-hybridized carbons (Fsp3) is 0.818. The third-order valence-electron chi connectivity index (χ3n) is 3.38. The molecule has 0 aromatic carbocycles. The van der Waals surface area contributed by atoms with Crippen molar-refractivity contribution in [2.45, 2.75) is 38.1 Å². The number of amidine groups is 1. The van der Waals surface area contributed by atoms with Crippen molar-refractivity contribution in [3.8, 4) is 0 Å². The van der Waals surface area contributed by atoms with E-state index in [1.54, 1.807) is 0 Å². The van der Waals surface area contributed by atoms with Crippen LogP contribution in [0.5, 0.6) is 0 Å². The van der Waals surface area contributed by atoms with Crippen LogP contribution in [0.3, 0.4) is 0 Å². The van der Waals surface area contributed by atoms with Crippen LogP contribution < -0.4 is 11.1 Å². The van der Waals surface area contributed by atoms with Crippen LogP contribution in [0.2, 0.25) is 0 Å². The van der Waals surface area contributed by atoms with Gasteiger partial charge in [0.25, 0.3) is 0 Å². The molecule has 1 fully saturated rings. The molecule has 4 N–H and O–H groups in total. The molecule has 98 valence electrons. The van der Waals surface area contributed by atoms with E-state index in [1.165, 1.54) is 11.8 Å². The summed E-state index contributed by atoms with van der Waals surface area (Å²) in [6, 6.07) is 0. The van der Waals surface area contributed by atoms with E-state index in [-0.39, 0.29) is 11.7 Å². The lowest BCUT2D eigenvalue weighted by Gasteiger charge is -2.38. The number of hydrogen-bond donors (Lipinski definition) is 3. The molecule has 5 nitrogen and oxygen atoms in total. The Balaban J connectivity index is 2.77. The van der Waals surface area contributed by atoms with Gasteiger partial charge in [-0.3, -0.25) is 4.79 Å². The van der Waals surface area contributed by atoms with Crippen LogP contribution in [-0.2, 0) is 4.79 Å². The average molecular weight is 259 g/mol. The van der Waals surface area contributed by atoms with Crippen molar-refractivity contribution in [1.82, 2.24) is 5.32 Å². The molecular weight excluding hydrogens is 238 g/mol. The molecule has 0 spiro atoms. The number of oxime groups is 1. The zero-order valence-electron chi connectivity index (χ0n) is 10.4. The molecule has 0 unspecified atom stereocenters. The zero-order chi connectivity index (χ0) is 12.9. The summed E-state index contributed by atoms with van der Waals surface area (Å²) in [6.07, 6.45) is 5.32. The van der Waals surface area contributed by atoms with Crippen molar-refractivity contribution in [3.05, 3.63) is 0 Å². The highest BCUT2D eigenvalue weighted by Crippen LogP contribution is 2.32. The van der Waals surface area contributed by atoms with Gasteiger partial charge in [-0.25, -0.2) is 0 Å². The Hall–Kier alpha value is -0.910. The largest absolute Gasteiger partial charge is 0.409 e. The van der Waals surface area contributed by atoms with Crippen LogP contribution >= 0.6 is 11.8 Å². The predicted molar refractivity (Wildman–Crippen MR) is 70.3 cm³/mol. The van der Waals surface area contributed by atoms with E-state index in [9.17, 15) is 4.79 Å². The number of nitrogens with two attached hydrogens (primary N) is 1. The molecule has 0 saturated heterocycles. The predicted octanol–water partition coefficient (Wildman–Crippen LogP) is 1.16. The van der Waals surface area contributed by atoms with Crippen molar-refractivity contribution in [2.75, 3.05) is 12.0 Å². The molecule has 1 aliphatic carbocycles. The lowest BCUT2D eigenvalue weighted by Crippen LogP contribution is -2.59. The van der Waals surface area contributed by atoms with Crippen LogP contribution in [0, 0.1) is 5.92 Å². The molecule has 6 heteroatoms. The van der Waals surface area contributed by atoms with Gasteiger partial charge in [0, 0.05) is 0 Å². The summed E-state index contributed by atoms with van der Waals surface area (Å²) in [5, 5.41) is 14.9. The normalized spacial score (nSPS) is 30.0. The second-order valence-electron chi connectivity index (χ2n) is 4.73. The lowest BCUT2D eigenvalue weighted by atomic mass is 9.76. The van der Waals surface area contributed by atoms with Crippen molar-refractivity contribution < 1.29 is 10.0 Å². The van der Waals surface area contributed by atoms with Crippen LogP contribution in [0.25, 0.3) is 0 Å². The molecule has 0 bridgehead atoms. The summed E-state index contributed by atoms with van der Waals surface area (Å²) >= 11 is 1.46. The molecule has 0 atom stereocenters. The van der Waals surface area contributed by atoms with Gasteiger partial charge in [-0.05, 0) is 37.9 Å². The van der Waals surface area contributed by atoms with E-state index >= 15 is 0 Å². The summed E-state index contributed by atoms with van der Waals surface area (Å²) in [5.74, 6) is 1.10. The Bertz CT molecular complexity index is 299. The molecule has 0 aromatic rings. The average Bonchev–Trinajstić information content (AvgIpc) is 2.31. The third kappa shape index (κ3) is 3.52. The molecule has 1 amide bonds. The summed E-state index contributed by atoms with van der Waals surface area (Å²) in [5.41, 5.74) is 5.11. The minimum Gasteiger partial charge on any atom is -0.409 e. The monoisotopic (exact) mass is 259 g/mol. The second kappa shape index (κ2) is 6.14. The number of nitrogens with zero attached hydrogens (tertiary/aromatic N) is 1. The fourth-order valence-electron chi connectivity index (χ4n) is 2.23. The highest BCUT2D eigenvalue weighted by molar-refractivity contribution is 7.99. The molecule has 17 heavy (non-hydrogen) atoms. The van der Waals surface area contributed by atoms with Crippen LogP contribution in [0.1, 0.15) is 32.6 Å². The van der Waals surface area contributed by atoms with Gasteiger partial charge >= 0.3 is 0 Å². The standard InChI is InChI=1S/C11H21N3O2S/c1-8-3-5-11(6-4-8,10(12)14-16)13-9(15)7-17-2/h8,16H,3-7H2,1-2H3,(H2,12,14)(H,13,15). The minimum atomic E-state index is -0.645. The Morgan fingerprint density at radius 2 is 2.18 bits per heavy atom. The summed E-state index contributed by atoms with van der Waals surface area (Å²) in [6.45, 7) is 2.18. The van der Waals surface area contributed by atoms with Gasteiger partial charge in [0.15, 0.2) is 5.84 Å². The van der Waals surface area contributed by atoms with Crippen molar-refractivity contribution in [2.24, 2.45) is 16.8 Å². The fourth-order valence-corrected chi connectivity index (χ4v) is 2.56. The number of nitrogens with one attached hydrogen (secondary N) is 1. The summed E-state index contributed by atoms with van der Waals surface area (Å²) in [7, 11) is 0. The lowest BCUT2D eigenvalue weighted by molar-refractivity contribution is -0.120. The number of carbonyl (C=O) groups is 1. The number of amides is 1. The highest BCUT2D eigenvalue weighted by atomic mass is 32.2. The van der Waals surface area contributed by atoms with Crippen LogP contribution in [0.15, 0.2) is 5.16 Å². The first-order chi connectivity index (χ1) is 8.04. The Labute approximate surface area is 106 Å². The van der Waals surface area contributed by atoms with Gasteiger partial charge in [0.1, 0.15) is 5.54 Å². The quantitative estimate of drug-likeness (QED) is 0.306. The zero-order valence-corrected chi connectivity index (χ0v) is 11.2. The summed E-state index contributed by atoms with van der Waals surface area (Å²) < 4.78 is 0. The van der Waals surface area contributed by atoms with E-state index < -0.39 is 5.54 Å². The Morgan fingerprint density at radius 3 is 2.65 bits per heavy atom. The molecule has 1 rings (SSSR count). The minimum absolute atomic E-state index is 0.0568. The number of hydrogen-bond acceptors (Lipinski definition) is 4. The summed E-state index contributed by atoms with van der Waals surface area (Å²) in [4.78, 5) is 11.7. The maximum Gasteiger partial charge on any atom is 0.230 e. The molecule has 0 aliphatic heterocycles. The molecular formula is C11H21N3O2S. The number of carbonyl (C=O) groups excluding carboxylic acids is 1. The van der Waals surface area contributed by atoms with Crippen LogP contribution in [-0.4, -0.2) is 34.5 Å². The van der Waals surface area contributed by atoms with Crippen molar-refractivity contribution >= 4 is 23.5 Å². The molecule has 0 aromatic heterocycles. The van der Waals surface area contributed by atoms with Gasteiger partial charge in [-0.1, -0.05) is 12.1 Å². The molecule has 1 saturated carbocycles. The number of thioether (sulfide) groups is 1. The van der Waals surface area contributed by atoms with Crippen molar-refractivity contribution in [3.63, 3.8) is 0 Å². The molecule has 0 heterocycles. The van der Waals surface area contributed by atoms with E-state index in [0.717, 1.165) is 25.7 Å². The second-order valence-corrected chi connectivity index (χ2v) is 5.60. The third-order valence-corrected chi connectivity index (χ3v) is 3.93. The highest BCUT2D eigenvalue weighted by Gasteiger charge is 2.39. The van der Waals surface area contributed by atoms with Crippen molar-refractivity contribution in [1.29, 1.82) is 0 Å². The maximum atomic E-state index is 11.7. The van der Waals surface area contributed by atoms with E-state index in [1.807, 2.05) is 6.26 Å².